The van der Waals surface area contributed by atoms with E-state index in [1.165, 1.54) is 7.11 Å². The van der Waals surface area contributed by atoms with Gasteiger partial charge in [-0.1, -0.05) is 18.2 Å². The first-order valence-corrected chi connectivity index (χ1v) is 8.18. The summed E-state index contributed by atoms with van der Waals surface area (Å²) >= 11 is 0. The number of hydrogen-bond donors (Lipinski definition) is 0. The molecule has 0 unspecified atom stereocenters. The Morgan fingerprint density at radius 3 is 2.54 bits per heavy atom. The summed E-state index contributed by atoms with van der Waals surface area (Å²) in [7, 11) is 2.91. The summed E-state index contributed by atoms with van der Waals surface area (Å²) < 4.78 is 11.8. The van der Waals surface area contributed by atoms with Crippen LogP contribution in [0.4, 0.5) is 0 Å². The van der Waals surface area contributed by atoms with Crippen LogP contribution in [0, 0.1) is 13.8 Å². The van der Waals surface area contributed by atoms with Gasteiger partial charge in [-0.3, -0.25) is 9.78 Å². The van der Waals surface area contributed by atoms with Gasteiger partial charge < -0.3 is 14.0 Å². The molecule has 0 aliphatic rings. The number of carbonyl (C=O) groups is 1. The van der Waals surface area contributed by atoms with Crippen LogP contribution in [0.3, 0.4) is 0 Å². The summed E-state index contributed by atoms with van der Waals surface area (Å²) in [5.74, 6) is 0.218. The minimum atomic E-state index is -0.498. The molecule has 3 rings (SSSR count). The largest absolute Gasteiger partial charge is 0.496 e. The number of hydrogen-bond acceptors (Lipinski definition) is 5. The number of ether oxygens (including phenoxy) is 2. The second-order valence-electron chi connectivity index (χ2n) is 6.00. The van der Waals surface area contributed by atoms with E-state index in [-0.39, 0.29) is 5.56 Å². The third-order valence-electron chi connectivity index (χ3n) is 4.42. The molecular weight excluding hydrogens is 332 g/mol. The quantitative estimate of drug-likeness (QED) is 0.675. The zero-order chi connectivity index (χ0) is 18.8. The molecule has 134 valence electrons. The van der Waals surface area contributed by atoms with E-state index in [2.05, 4.69) is 4.98 Å². The lowest BCUT2D eigenvalue weighted by molar-refractivity contribution is 0.0601. The van der Waals surface area contributed by atoms with Crippen molar-refractivity contribution in [3.05, 3.63) is 69.4 Å². The molecule has 6 nitrogen and oxygen atoms in total. The minimum absolute atomic E-state index is 0.205. The van der Waals surface area contributed by atoms with E-state index in [1.807, 2.05) is 24.3 Å². The summed E-state index contributed by atoms with van der Waals surface area (Å²) in [4.78, 5) is 29.6. The molecule has 0 saturated carbocycles. The van der Waals surface area contributed by atoms with Crippen LogP contribution in [0.25, 0.3) is 10.8 Å². The van der Waals surface area contributed by atoms with Crippen LogP contribution in [0.15, 0.2) is 41.3 Å². The Balaban J connectivity index is 2.21. The monoisotopic (exact) mass is 352 g/mol. The molecule has 3 aromatic rings. The predicted molar refractivity (Wildman–Crippen MR) is 98.9 cm³/mol. The number of pyridine rings is 2. The fourth-order valence-electron chi connectivity index (χ4n) is 3.19. The molecule has 1 aromatic carbocycles. The first kappa shape index (κ1) is 17.7. The lowest BCUT2D eigenvalue weighted by Crippen LogP contribution is -2.22. The summed E-state index contributed by atoms with van der Waals surface area (Å²) in [5, 5.41) is 0.983. The molecule has 26 heavy (non-hydrogen) atoms. The van der Waals surface area contributed by atoms with Crippen LogP contribution in [0.2, 0.25) is 0 Å². The van der Waals surface area contributed by atoms with Gasteiger partial charge in [-0.15, -0.1) is 0 Å². The van der Waals surface area contributed by atoms with Gasteiger partial charge in [-0.25, -0.2) is 4.79 Å². The van der Waals surface area contributed by atoms with Crippen LogP contribution in [0.5, 0.6) is 5.75 Å². The second kappa shape index (κ2) is 7.00. The highest BCUT2D eigenvalue weighted by atomic mass is 16.5. The van der Waals surface area contributed by atoms with E-state index < -0.39 is 5.97 Å². The van der Waals surface area contributed by atoms with Gasteiger partial charge >= 0.3 is 5.97 Å². The Labute approximate surface area is 151 Å². The minimum Gasteiger partial charge on any atom is -0.496 e. The van der Waals surface area contributed by atoms with Gasteiger partial charge in [-0.2, -0.15) is 0 Å². The molecule has 0 atom stereocenters. The number of aryl methyl sites for hydroxylation is 2. The molecule has 0 amide bonds. The van der Waals surface area contributed by atoms with E-state index >= 15 is 0 Å². The third kappa shape index (κ3) is 2.94. The number of rotatable bonds is 4. The number of carbonyl (C=O) groups excluding carboxylic acids is 1. The zero-order valence-electron chi connectivity index (χ0n) is 15.2. The molecule has 0 saturated heterocycles. The van der Waals surface area contributed by atoms with Crippen molar-refractivity contribution in [2.45, 2.75) is 20.4 Å². The Bertz CT molecular complexity index is 1050. The number of esters is 1. The van der Waals surface area contributed by atoms with Gasteiger partial charge in [0.25, 0.3) is 5.56 Å². The van der Waals surface area contributed by atoms with Crippen LogP contribution < -0.4 is 10.3 Å². The first-order valence-electron chi connectivity index (χ1n) is 8.18. The molecule has 0 spiro atoms. The Hall–Kier alpha value is -3.15. The first-order chi connectivity index (χ1) is 12.5. The van der Waals surface area contributed by atoms with Crippen LogP contribution >= 0.6 is 0 Å². The van der Waals surface area contributed by atoms with Crippen molar-refractivity contribution < 1.29 is 14.3 Å². The van der Waals surface area contributed by atoms with Crippen molar-refractivity contribution in [1.82, 2.24) is 9.55 Å². The molecule has 0 aliphatic heterocycles. The molecule has 0 N–H and O–H groups in total. The highest BCUT2D eigenvalue weighted by molar-refractivity contribution is 6.05. The van der Waals surface area contributed by atoms with Gasteiger partial charge in [0.15, 0.2) is 0 Å². The van der Waals surface area contributed by atoms with Gasteiger partial charge in [-0.05, 0) is 26.0 Å². The van der Waals surface area contributed by atoms with Crippen molar-refractivity contribution in [1.29, 1.82) is 0 Å². The van der Waals surface area contributed by atoms with Crippen molar-refractivity contribution in [3.63, 3.8) is 0 Å². The molecule has 0 radical (unpaired) electrons. The Morgan fingerprint density at radius 2 is 1.85 bits per heavy atom. The molecule has 0 fully saturated rings. The standard InChI is InChI=1S/C20H20N2O4/c1-12-17-15(18(13(2)21-12)20(24)26-4)9-10-22(19(17)23)11-14-7-5-6-8-16(14)25-3/h5-10H,11H2,1-4H3. The maximum atomic E-state index is 13.1. The fraction of sp³-hybridized carbons (Fsp3) is 0.250. The van der Waals surface area contributed by atoms with E-state index in [0.29, 0.717) is 40.0 Å². The summed E-state index contributed by atoms with van der Waals surface area (Å²) in [6.07, 6.45) is 1.68. The topological polar surface area (TPSA) is 70.4 Å². The van der Waals surface area contributed by atoms with Crippen LogP contribution in [-0.4, -0.2) is 29.7 Å². The summed E-state index contributed by atoms with van der Waals surface area (Å²) in [5.41, 5.74) is 2.15. The molecule has 6 heteroatoms. The number of aromatic nitrogens is 2. The summed E-state index contributed by atoms with van der Waals surface area (Å²) in [6, 6.07) is 9.31. The maximum Gasteiger partial charge on any atom is 0.340 e. The SMILES string of the molecule is COC(=O)c1c(C)nc(C)c2c(=O)n(Cc3ccccc3OC)ccc12. The zero-order valence-corrected chi connectivity index (χ0v) is 15.2. The highest BCUT2D eigenvalue weighted by Crippen LogP contribution is 2.23. The number of methoxy groups -OCH3 is 2. The lowest BCUT2D eigenvalue weighted by Gasteiger charge is -2.14. The van der Waals surface area contributed by atoms with Crippen molar-refractivity contribution in [2.75, 3.05) is 14.2 Å². The average molecular weight is 352 g/mol. The van der Waals surface area contributed by atoms with E-state index in [4.69, 9.17) is 9.47 Å². The molecule has 0 bridgehead atoms. The molecule has 2 heterocycles. The Morgan fingerprint density at radius 1 is 1.12 bits per heavy atom. The molecule has 2 aromatic heterocycles. The van der Waals surface area contributed by atoms with Crippen molar-refractivity contribution in [2.24, 2.45) is 0 Å². The van der Waals surface area contributed by atoms with E-state index in [1.54, 1.807) is 37.8 Å². The van der Waals surface area contributed by atoms with Gasteiger partial charge in [0.1, 0.15) is 5.75 Å². The highest BCUT2D eigenvalue weighted by Gasteiger charge is 2.19. The third-order valence-corrected chi connectivity index (χ3v) is 4.42. The number of nitrogens with zero attached hydrogens (tertiary/aromatic N) is 2. The predicted octanol–water partition coefficient (Wildman–Crippen LogP) is 2.86. The van der Waals surface area contributed by atoms with Crippen molar-refractivity contribution in [3.8, 4) is 5.75 Å². The normalized spacial score (nSPS) is 10.8. The fourth-order valence-corrected chi connectivity index (χ4v) is 3.19. The Kier molecular flexibility index (Phi) is 4.75. The number of benzene rings is 1. The van der Waals surface area contributed by atoms with Gasteiger partial charge in [0, 0.05) is 17.1 Å². The lowest BCUT2D eigenvalue weighted by atomic mass is 10.0. The number of fused-ring (bicyclic) bond motifs is 1. The maximum absolute atomic E-state index is 13.1. The van der Waals surface area contributed by atoms with Crippen LogP contribution in [0.1, 0.15) is 27.3 Å². The van der Waals surface area contributed by atoms with Gasteiger partial charge in [0.05, 0.1) is 43.1 Å². The number of para-hydroxylation sites is 1. The summed E-state index contributed by atoms with van der Waals surface area (Å²) in [6.45, 7) is 3.87. The smallest absolute Gasteiger partial charge is 0.340 e. The molecule has 0 aliphatic carbocycles. The average Bonchev–Trinajstić information content (AvgIpc) is 2.63. The molecular formula is C20H20N2O4. The van der Waals surface area contributed by atoms with Crippen LogP contribution in [-0.2, 0) is 11.3 Å². The van der Waals surface area contributed by atoms with Gasteiger partial charge in [0.2, 0.25) is 0 Å². The van der Waals surface area contributed by atoms with Crippen molar-refractivity contribution >= 4 is 16.7 Å². The van der Waals surface area contributed by atoms with E-state index in [0.717, 1.165) is 5.56 Å². The van der Waals surface area contributed by atoms with E-state index in [9.17, 15) is 9.59 Å². The second-order valence-corrected chi connectivity index (χ2v) is 6.00.